The van der Waals surface area contributed by atoms with Crippen LogP contribution in [0, 0.1) is 5.41 Å². The van der Waals surface area contributed by atoms with Crippen LogP contribution in [0.15, 0.2) is 30.5 Å². The molecule has 3 rings (SSSR count). The van der Waals surface area contributed by atoms with Gasteiger partial charge < -0.3 is 15.3 Å². The van der Waals surface area contributed by atoms with E-state index < -0.39 is 5.60 Å². The molecule has 2 N–H and O–H groups in total. The molecule has 1 unspecified atom stereocenters. The molecule has 0 bridgehead atoms. The number of carbonyl (C=O) groups is 1. The lowest BCUT2D eigenvalue weighted by molar-refractivity contribution is -0.114. The number of aromatic nitrogens is 2. The summed E-state index contributed by atoms with van der Waals surface area (Å²) in [4.78, 5) is 22.9. The molecule has 1 fully saturated rings. The van der Waals surface area contributed by atoms with Crippen LogP contribution in [0.5, 0.6) is 0 Å². The number of rotatable bonds is 5. The molecule has 3 heterocycles. The molecule has 1 aliphatic heterocycles. The second-order valence-electron chi connectivity index (χ2n) is 10.1. The lowest BCUT2D eigenvalue weighted by atomic mass is 9.89. The van der Waals surface area contributed by atoms with Gasteiger partial charge in [-0.05, 0) is 73.9 Å². The summed E-state index contributed by atoms with van der Waals surface area (Å²) in [5.41, 5.74) is 2.34. The Labute approximate surface area is 179 Å². The highest BCUT2D eigenvalue weighted by Gasteiger charge is 2.36. The summed E-state index contributed by atoms with van der Waals surface area (Å²) in [6, 6.07) is 8.08. The normalized spacial score (nSPS) is 17.3. The highest BCUT2D eigenvalue weighted by molar-refractivity contribution is 5.88. The Morgan fingerprint density at radius 2 is 1.93 bits per heavy atom. The SMILES string of the molecule is CC(=O)Nc1cc(-c2cc(CC(C)(C)C)nc(N3CCCC3C(C)(C)O)c2)ccn1. The average molecular weight is 411 g/mol. The first-order chi connectivity index (χ1) is 13.9. The number of hydrogen-bond acceptors (Lipinski definition) is 5. The highest BCUT2D eigenvalue weighted by atomic mass is 16.3. The van der Waals surface area contributed by atoms with Gasteiger partial charge in [-0.1, -0.05) is 20.8 Å². The summed E-state index contributed by atoms with van der Waals surface area (Å²) < 4.78 is 0. The number of nitrogens with zero attached hydrogens (tertiary/aromatic N) is 3. The minimum Gasteiger partial charge on any atom is -0.388 e. The van der Waals surface area contributed by atoms with E-state index in [9.17, 15) is 9.90 Å². The van der Waals surface area contributed by atoms with Crippen molar-refractivity contribution in [3.05, 3.63) is 36.2 Å². The van der Waals surface area contributed by atoms with E-state index >= 15 is 0 Å². The van der Waals surface area contributed by atoms with Gasteiger partial charge in [-0.3, -0.25) is 4.79 Å². The number of carbonyl (C=O) groups excluding carboxylic acids is 1. The van der Waals surface area contributed by atoms with Gasteiger partial charge in [-0.15, -0.1) is 0 Å². The van der Waals surface area contributed by atoms with Crippen molar-refractivity contribution in [3.63, 3.8) is 0 Å². The Kier molecular flexibility index (Phi) is 6.18. The molecule has 2 aromatic rings. The number of pyridine rings is 2. The number of hydrogen-bond donors (Lipinski definition) is 2. The van der Waals surface area contributed by atoms with Gasteiger partial charge in [0.25, 0.3) is 0 Å². The zero-order chi connectivity index (χ0) is 22.1. The van der Waals surface area contributed by atoms with Crippen LogP contribution in [0.4, 0.5) is 11.6 Å². The molecule has 0 spiro atoms. The summed E-state index contributed by atoms with van der Waals surface area (Å²) in [6.45, 7) is 12.7. The van der Waals surface area contributed by atoms with Crippen molar-refractivity contribution in [3.8, 4) is 11.1 Å². The van der Waals surface area contributed by atoms with Crippen molar-refractivity contribution in [2.75, 3.05) is 16.8 Å². The Balaban J connectivity index is 2.06. The van der Waals surface area contributed by atoms with Crippen molar-refractivity contribution >= 4 is 17.5 Å². The van der Waals surface area contributed by atoms with Gasteiger partial charge in [0.15, 0.2) is 0 Å². The zero-order valence-corrected chi connectivity index (χ0v) is 19.0. The van der Waals surface area contributed by atoms with Gasteiger partial charge >= 0.3 is 0 Å². The minimum atomic E-state index is -0.798. The van der Waals surface area contributed by atoms with E-state index in [2.05, 4.69) is 48.1 Å². The topological polar surface area (TPSA) is 78.4 Å². The van der Waals surface area contributed by atoms with Crippen LogP contribution < -0.4 is 10.2 Å². The molecule has 0 radical (unpaired) electrons. The number of anilines is 2. The predicted octanol–water partition coefficient (Wildman–Crippen LogP) is 4.43. The Hall–Kier alpha value is -2.47. The third-order valence-corrected chi connectivity index (χ3v) is 5.34. The van der Waals surface area contributed by atoms with Gasteiger partial charge in [-0.2, -0.15) is 0 Å². The van der Waals surface area contributed by atoms with Crippen LogP contribution in [-0.4, -0.2) is 39.2 Å². The second kappa shape index (κ2) is 8.34. The third kappa shape index (κ3) is 5.57. The van der Waals surface area contributed by atoms with Crippen LogP contribution in [0.2, 0.25) is 0 Å². The van der Waals surface area contributed by atoms with Crippen LogP contribution in [-0.2, 0) is 11.2 Å². The maximum Gasteiger partial charge on any atom is 0.222 e. The third-order valence-electron chi connectivity index (χ3n) is 5.34. The molecule has 0 saturated carbocycles. The van der Waals surface area contributed by atoms with Crippen molar-refractivity contribution in [2.45, 2.75) is 72.4 Å². The molecule has 1 atom stereocenters. The molecule has 6 nitrogen and oxygen atoms in total. The van der Waals surface area contributed by atoms with Gasteiger partial charge in [-0.25, -0.2) is 9.97 Å². The van der Waals surface area contributed by atoms with Crippen LogP contribution in [0.25, 0.3) is 11.1 Å². The van der Waals surface area contributed by atoms with E-state index in [1.165, 1.54) is 6.92 Å². The van der Waals surface area contributed by atoms with Gasteiger partial charge in [0.05, 0.1) is 11.6 Å². The standard InChI is InChI=1S/C24H34N4O2/c1-16(29)26-21-13-17(9-10-25-21)18-12-19(15-23(2,3)4)27-22(14-18)28-11-7-8-20(28)24(5,6)30/h9-10,12-14,20,30H,7-8,11,15H2,1-6H3,(H,25,26,29). The quantitative estimate of drug-likeness (QED) is 0.762. The number of aliphatic hydroxyl groups is 1. The molecule has 0 aromatic carbocycles. The van der Waals surface area contributed by atoms with E-state index in [0.29, 0.717) is 5.82 Å². The minimum absolute atomic E-state index is 0.0371. The van der Waals surface area contributed by atoms with Crippen molar-refractivity contribution in [1.29, 1.82) is 0 Å². The Morgan fingerprint density at radius 1 is 1.20 bits per heavy atom. The van der Waals surface area contributed by atoms with Gasteiger partial charge in [0.1, 0.15) is 11.6 Å². The Bertz CT molecular complexity index is 912. The fraction of sp³-hybridized carbons (Fsp3) is 0.542. The van der Waals surface area contributed by atoms with E-state index in [1.807, 2.05) is 26.0 Å². The molecule has 162 valence electrons. The summed E-state index contributed by atoms with van der Waals surface area (Å²) >= 11 is 0. The van der Waals surface area contributed by atoms with Gasteiger partial charge in [0.2, 0.25) is 5.91 Å². The van der Waals surface area contributed by atoms with Crippen LogP contribution in [0.1, 0.15) is 60.1 Å². The number of amides is 1. The van der Waals surface area contributed by atoms with Crippen LogP contribution in [0.3, 0.4) is 0 Å². The van der Waals surface area contributed by atoms with E-state index in [4.69, 9.17) is 4.98 Å². The predicted molar refractivity (Wildman–Crippen MR) is 122 cm³/mol. The van der Waals surface area contributed by atoms with Gasteiger partial charge in [0, 0.05) is 25.4 Å². The summed E-state index contributed by atoms with van der Waals surface area (Å²) in [5.74, 6) is 1.29. The van der Waals surface area contributed by atoms with E-state index in [1.54, 1.807) is 6.20 Å². The first-order valence-electron chi connectivity index (χ1n) is 10.7. The molecule has 6 heteroatoms. The number of nitrogens with one attached hydrogen (secondary N) is 1. The highest BCUT2D eigenvalue weighted by Crippen LogP contribution is 2.34. The molecular weight excluding hydrogens is 376 g/mol. The molecular formula is C24H34N4O2. The molecule has 2 aromatic heterocycles. The smallest absolute Gasteiger partial charge is 0.222 e. The molecule has 1 aliphatic rings. The lowest BCUT2D eigenvalue weighted by Gasteiger charge is -2.35. The first-order valence-corrected chi connectivity index (χ1v) is 10.7. The van der Waals surface area contributed by atoms with E-state index in [-0.39, 0.29) is 17.4 Å². The monoisotopic (exact) mass is 410 g/mol. The molecule has 30 heavy (non-hydrogen) atoms. The summed E-state index contributed by atoms with van der Waals surface area (Å²) in [5, 5.41) is 13.4. The molecule has 1 saturated heterocycles. The maximum absolute atomic E-state index is 11.4. The maximum atomic E-state index is 11.4. The molecule has 0 aliphatic carbocycles. The largest absolute Gasteiger partial charge is 0.388 e. The second-order valence-corrected chi connectivity index (χ2v) is 10.1. The fourth-order valence-corrected chi connectivity index (χ4v) is 4.15. The first kappa shape index (κ1) is 22.2. The fourth-order valence-electron chi connectivity index (χ4n) is 4.15. The van der Waals surface area contributed by atoms with Crippen molar-refractivity contribution < 1.29 is 9.90 Å². The van der Waals surface area contributed by atoms with Crippen molar-refractivity contribution in [2.24, 2.45) is 5.41 Å². The Morgan fingerprint density at radius 3 is 2.57 bits per heavy atom. The average Bonchev–Trinajstić information content (AvgIpc) is 3.10. The lowest BCUT2D eigenvalue weighted by Crippen LogP contribution is -2.46. The zero-order valence-electron chi connectivity index (χ0n) is 19.0. The summed E-state index contributed by atoms with van der Waals surface area (Å²) in [6.07, 6.45) is 4.54. The van der Waals surface area contributed by atoms with Crippen molar-refractivity contribution in [1.82, 2.24) is 9.97 Å². The van der Waals surface area contributed by atoms with E-state index in [0.717, 1.165) is 48.4 Å². The molecule has 1 amide bonds. The summed E-state index contributed by atoms with van der Waals surface area (Å²) in [7, 11) is 0. The van der Waals surface area contributed by atoms with Crippen LogP contribution >= 0.6 is 0 Å².